The molecule has 0 amide bonds. The summed E-state index contributed by atoms with van der Waals surface area (Å²) in [6.07, 6.45) is 4.45. The monoisotopic (exact) mass is 218 g/mol. The highest BCUT2D eigenvalue weighted by molar-refractivity contribution is 5.25. The number of aliphatic hydroxyl groups is 1. The molecule has 0 aromatic heterocycles. The molecular formula is C15H22O. The minimum atomic E-state index is -0.121. The van der Waals surface area contributed by atoms with E-state index in [2.05, 4.69) is 44.2 Å². The molecular weight excluding hydrogens is 196 g/mol. The molecule has 2 atom stereocenters. The van der Waals surface area contributed by atoms with Gasteiger partial charge in [0.25, 0.3) is 0 Å². The number of hydrogen-bond donors (Lipinski definition) is 1. The van der Waals surface area contributed by atoms with Gasteiger partial charge in [0.2, 0.25) is 0 Å². The Bertz CT molecular complexity index is 329. The maximum absolute atomic E-state index is 10.2. The van der Waals surface area contributed by atoms with Gasteiger partial charge in [-0.2, -0.15) is 0 Å². The molecule has 0 aliphatic heterocycles. The fourth-order valence-corrected chi connectivity index (χ4v) is 3.03. The van der Waals surface area contributed by atoms with Crippen LogP contribution in [0.2, 0.25) is 0 Å². The zero-order chi connectivity index (χ0) is 11.6. The summed E-state index contributed by atoms with van der Waals surface area (Å²) >= 11 is 0. The Morgan fingerprint density at radius 1 is 1.06 bits per heavy atom. The van der Waals surface area contributed by atoms with Crippen molar-refractivity contribution >= 4 is 0 Å². The van der Waals surface area contributed by atoms with Crippen LogP contribution in [0.15, 0.2) is 30.3 Å². The van der Waals surface area contributed by atoms with Crippen molar-refractivity contribution in [2.75, 3.05) is 0 Å². The normalized spacial score (nSPS) is 26.7. The Labute approximate surface area is 98.5 Å². The average molecular weight is 218 g/mol. The van der Waals surface area contributed by atoms with Gasteiger partial charge in [-0.05, 0) is 29.7 Å². The van der Waals surface area contributed by atoms with Crippen molar-refractivity contribution in [1.29, 1.82) is 0 Å². The molecule has 2 unspecified atom stereocenters. The van der Waals surface area contributed by atoms with E-state index in [4.69, 9.17) is 0 Å². The third-order valence-corrected chi connectivity index (χ3v) is 4.17. The molecule has 1 aromatic rings. The van der Waals surface area contributed by atoms with Gasteiger partial charge in [0.05, 0.1) is 6.10 Å². The molecule has 1 heteroatoms. The molecule has 1 N–H and O–H groups in total. The Hall–Kier alpha value is -0.820. The van der Waals surface area contributed by atoms with Crippen LogP contribution in [-0.2, 0) is 5.41 Å². The summed E-state index contributed by atoms with van der Waals surface area (Å²) in [7, 11) is 0. The molecule has 0 radical (unpaired) electrons. The molecule has 1 nitrogen and oxygen atoms in total. The van der Waals surface area contributed by atoms with Gasteiger partial charge in [-0.25, -0.2) is 0 Å². The van der Waals surface area contributed by atoms with Gasteiger partial charge in [-0.15, -0.1) is 0 Å². The predicted octanol–water partition coefficient (Wildman–Crippen LogP) is 3.52. The lowest BCUT2D eigenvalue weighted by molar-refractivity contribution is 0.0322. The standard InChI is InChI=1S/C15H22O/c1-15(2,12-8-4-3-5-9-12)13-10-6-7-11-14(13)16/h3-5,8-9,13-14,16H,6-7,10-11H2,1-2H3. The second-order valence-electron chi connectivity index (χ2n) is 5.55. The second-order valence-corrected chi connectivity index (χ2v) is 5.55. The van der Waals surface area contributed by atoms with Crippen molar-refractivity contribution in [3.63, 3.8) is 0 Å². The van der Waals surface area contributed by atoms with Gasteiger partial charge in [-0.1, -0.05) is 57.0 Å². The lowest BCUT2D eigenvalue weighted by Gasteiger charge is -2.40. The Morgan fingerprint density at radius 2 is 1.69 bits per heavy atom. The first-order valence-electron chi connectivity index (χ1n) is 6.36. The zero-order valence-corrected chi connectivity index (χ0v) is 10.3. The lowest BCUT2D eigenvalue weighted by atomic mass is 9.66. The highest BCUT2D eigenvalue weighted by atomic mass is 16.3. The van der Waals surface area contributed by atoms with Crippen LogP contribution in [0.1, 0.15) is 45.1 Å². The van der Waals surface area contributed by atoms with Crippen molar-refractivity contribution < 1.29 is 5.11 Å². The molecule has 1 saturated carbocycles. The van der Waals surface area contributed by atoms with E-state index in [1.165, 1.54) is 18.4 Å². The van der Waals surface area contributed by atoms with E-state index >= 15 is 0 Å². The van der Waals surface area contributed by atoms with Crippen molar-refractivity contribution in [3.05, 3.63) is 35.9 Å². The maximum Gasteiger partial charge on any atom is 0.0576 e. The third kappa shape index (κ3) is 2.15. The molecule has 16 heavy (non-hydrogen) atoms. The largest absolute Gasteiger partial charge is 0.393 e. The summed E-state index contributed by atoms with van der Waals surface area (Å²) in [6.45, 7) is 4.53. The number of rotatable bonds is 2. The Balaban J connectivity index is 2.23. The van der Waals surface area contributed by atoms with Crippen LogP contribution in [0.5, 0.6) is 0 Å². The Kier molecular flexibility index (Phi) is 3.34. The summed E-state index contributed by atoms with van der Waals surface area (Å²) in [5, 5.41) is 10.2. The predicted molar refractivity (Wildman–Crippen MR) is 67.4 cm³/mol. The van der Waals surface area contributed by atoms with Crippen LogP contribution >= 0.6 is 0 Å². The van der Waals surface area contributed by atoms with Crippen molar-refractivity contribution in [2.24, 2.45) is 5.92 Å². The smallest absolute Gasteiger partial charge is 0.0576 e. The molecule has 1 aliphatic carbocycles. The van der Waals surface area contributed by atoms with Crippen LogP contribution < -0.4 is 0 Å². The first-order valence-corrected chi connectivity index (χ1v) is 6.36. The highest BCUT2D eigenvalue weighted by Crippen LogP contribution is 2.40. The zero-order valence-electron chi connectivity index (χ0n) is 10.3. The second kappa shape index (κ2) is 4.58. The van der Waals surface area contributed by atoms with E-state index in [1.807, 2.05) is 0 Å². The highest BCUT2D eigenvalue weighted by Gasteiger charge is 2.37. The first-order chi connectivity index (χ1) is 7.62. The van der Waals surface area contributed by atoms with Crippen LogP contribution in [0.3, 0.4) is 0 Å². The fraction of sp³-hybridized carbons (Fsp3) is 0.600. The number of benzene rings is 1. The molecule has 1 aromatic carbocycles. The van der Waals surface area contributed by atoms with Crippen LogP contribution in [0.4, 0.5) is 0 Å². The van der Waals surface area contributed by atoms with Gasteiger partial charge in [0.1, 0.15) is 0 Å². The summed E-state index contributed by atoms with van der Waals surface area (Å²) in [5.41, 5.74) is 1.43. The molecule has 1 fully saturated rings. The summed E-state index contributed by atoms with van der Waals surface area (Å²) in [5.74, 6) is 0.406. The SMILES string of the molecule is CC(C)(c1ccccc1)C1CCCCC1O. The van der Waals surface area contributed by atoms with E-state index in [0.29, 0.717) is 5.92 Å². The van der Waals surface area contributed by atoms with Gasteiger partial charge in [-0.3, -0.25) is 0 Å². The van der Waals surface area contributed by atoms with Crippen LogP contribution in [-0.4, -0.2) is 11.2 Å². The molecule has 88 valence electrons. The number of aliphatic hydroxyl groups excluding tert-OH is 1. The van der Waals surface area contributed by atoms with Crippen molar-refractivity contribution in [2.45, 2.75) is 51.0 Å². The van der Waals surface area contributed by atoms with E-state index < -0.39 is 0 Å². The van der Waals surface area contributed by atoms with E-state index in [9.17, 15) is 5.11 Å². The first kappa shape index (κ1) is 11.7. The van der Waals surface area contributed by atoms with Gasteiger partial charge < -0.3 is 5.11 Å². The molecule has 0 spiro atoms. The fourth-order valence-electron chi connectivity index (χ4n) is 3.03. The van der Waals surface area contributed by atoms with Crippen LogP contribution in [0.25, 0.3) is 0 Å². The van der Waals surface area contributed by atoms with Gasteiger partial charge in [0.15, 0.2) is 0 Å². The minimum Gasteiger partial charge on any atom is -0.393 e. The van der Waals surface area contributed by atoms with Gasteiger partial charge >= 0.3 is 0 Å². The van der Waals surface area contributed by atoms with E-state index in [0.717, 1.165) is 12.8 Å². The topological polar surface area (TPSA) is 20.2 Å². The molecule has 0 saturated heterocycles. The molecule has 2 rings (SSSR count). The lowest BCUT2D eigenvalue weighted by Crippen LogP contribution is -2.39. The molecule has 1 aliphatic rings. The summed E-state index contributed by atoms with van der Waals surface area (Å²) < 4.78 is 0. The molecule has 0 bridgehead atoms. The Morgan fingerprint density at radius 3 is 2.31 bits per heavy atom. The minimum absolute atomic E-state index is 0.0844. The van der Waals surface area contributed by atoms with Crippen molar-refractivity contribution in [3.8, 4) is 0 Å². The van der Waals surface area contributed by atoms with E-state index in [-0.39, 0.29) is 11.5 Å². The average Bonchev–Trinajstić information content (AvgIpc) is 2.30. The summed E-state index contributed by atoms with van der Waals surface area (Å²) in [6, 6.07) is 10.6. The van der Waals surface area contributed by atoms with Crippen molar-refractivity contribution in [1.82, 2.24) is 0 Å². The summed E-state index contributed by atoms with van der Waals surface area (Å²) in [4.78, 5) is 0. The van der Waals surface area contributed by atoms with E-state index in [1.54, 1.807) is 0 Å². The third-order valence-electron chi connectivity index (χ3n) is 4.17. The maximum atomic E-state index is 10.2. The number of hydrogen-bond acceptors (Lipinski definition) is 1. The quantitative estimate of drug-likeness (QED) is 0.805. The van der Waals surface area contributed by atoms with Crippen LogP contribution in [0, 0.1) is 5.92 Å². The molecule has 0 heterocycles. The van der Waals surface area contributed by atoms with Gasteiger partial charge in [0, 0.05) is 0 Å².